The molecule has 5 heteroatoms. The van der Waals surface area contributed by atoms with E-state index in [1.165, 1.54) is 5.57 Å². The second-order valence-corrected chi connectivity index (χ2v) is 6.35. The fourth-order valence-corrected chi connectivity index (χ4v) is 2.56. The Morgan fingerprint density at radius 3 is 2.59 bits per heavy atom. The number of aryl methyl sites for hydroxylation is 1. The van der Waals surface area contributed by atoms with Crippen molar-refractivity contribution in [1.82, 2.24) is 0 Å². The quantitative estimate of drug-likeness (QED) is 0.558. The summed E-state index contributed by atoms with van der Waals surface area (Å²) >= 11 is 0. The molecule has 2 aromatic carbocycles. The second kappa shape index (κ2) is 7.99. The van der Waals surface area contributed by atoms with Gasteiger partial charge in [-0.15, -0.1) is 0 Å². The third kappa shape index (κ3) is 4.31. The predicted octanol–water partition coefficient (Wildman–Crippen LogP) is 5.25. The largest absolute Gasteiger partial charge is 0.497 e. The highest BCUT2D eigenvalue weighted by atomic mass is 16.5. The molecule has 0 fully saturated rings. The van der Waals surface area contributed by atoms with Gasteiger partial charge in [0, 0.05) is 12.1 Å². The molecule has 0 saturated carbocycles. The summed E-state index contributed by atoms with van der Waals surface area (Å²) in [4.78, 5) is 12.9. The molecule has 0 bridgehead atoms. The molecule has 0 unspecified atom stereocenters. The maximum absolute atomic E-state index is 12.9. The molecule has 0 amide bonds. The minimum absolute atomic E-state index is 0.161. The molecule has 3 aromatic rings. The van der Waals surface area contributed by atoms with Crippen LogP contribution >= 0.6 is 0 Å². The lowest BCUT2D eigenvalue weighted by atomic mass is 10.2. The Morgan fingerprint density at radius 2 is 1.85 bits per heavy atom. The van der Waals surface area contributed by atoms with Gasteiger partial charge in [0.25, 0.3) is 0 Å². The minimum Gasteiger partial charge on any atom is -0.497 e. The van der Waals surface area contributed by atoms with Gasteiger partial charge in [0.05, 0.1) is 12.5 Å². The Hall–Kier alpha value is -3.21. The number of fused-ring (bicyclic) bond motifs is 1. The SMILES string of the molecule is COc1cccc(Oc2c(C)oc3cc(OCC=C(C)C)ccc3c2=O)c1. The zero-order valence-corrected chi connectivity index (χ0v) is 15.9. The number of hydrogen-bond acceptors (Lipinski definition) is 5. The summed E-state index contributed by atoms with van der Waals surface area (Å²) in [6.45, 7) is 6.19. The van der Waals surface area contributed by atoms with E-state index in [-0.39, 0.29) is 11.2 Å². The molecule has 1 heterocycles. The first kappa shape index (κ1) is 18.6. The zero-order chi connectivity index (χ0) is 19.4. The van der Waals surface area contributed by atoms with Gasteiger partial charge in [0.2, 0.25) is 11.2 Å². The van der Waals surface area contributed by atoms with Crippen LogP contribution in [0, 0.1) is 6.92 Å². The Labute approximate surface area is 157 Å². The third-order valence-electron chi connectivity index (χ3n) is 3.99. The minimum atomic E-state index is -0.229. The molecule has 0 radical (unpaired) electrons. The van der Waals surface area contributed by atoms with Crippen LogP contribution in [0.3, 0.4) is 0 Å². The summed E-state index contributed by atoms with van der Waals surface area (Å²) in [6, 6.07) is 12.2. The lowest BCUT2D eigenvalue weighted by Gasteiger charge is -2.10. The maximum Gasteiger partial charge on any atom is 0.235 e. The number of methoxy groups -OCH3 is 1. The average molecular weight is 366 g/mol. The van der Waals surface area contributed by atoms with Crippen LogP contribution in [0.4, 0.5) is 0 Å². The number of ether oxygens (including phenoxy) is 3. The van der Waals surface area contributed by atoms with Crippen LogP contribution in [-0.2, 0) is 0 Å². The number of benzene rings is 2. The van der Waals surface area contributed by atoms with E-state index < -0.39 is 0 Å². The van der Waals surface area contributed by atoms with Crippen LogP contribution in [0.1, 0.15) is 19.6 Å². The number of rotatable bonds is 6. The molecule has 0 aliphatic heterocycles. The Kier molecular flexibility index (Phi) is 5.50. The highest BCUT2D eigenvalue weighted by molar-refractivity contribution is 5.79. The highest BCUT2D eigenvalue weighted by Crippen LogP contribution is 2.28. The summed E-state index contributed by atoms with van der Waals surface area (Å²) in [5.41, 5.74) is 1.41. The molecule has 0 spiro atoms. The van der Waals surface area contributed by atoms with Gasteiger partial charge >= 0.3 is 0 Å². The van der Waals surface area contributed by atoms with Crippen molar-refractivity contribution in [2.24, 2.45) is 0 Å². The van der Waals surface area contributed by atoms with Gasteiger partial charge < -0.3 is 18.6 Å². The van der Waals surface area contributed by atoms with Crippen LogP contribution in [0.25, 0.3) is 11.0 Å². The molecule has 0 saturated heterocycles. The van der Waals surface area contributed by atoms with Crippen molar-refractivity contribution in [1.29, 1.82) is 0 Å². The van der Waals surface area contributed by atoms with Crippen molar-refractivity contribution in [2.75, 3.05) is 13.7 Å². The van der Waals surface area contributed by atoms with E-state index in [4.69, 9.17) is 18.6 Å². The molecule has 0 aliphatic rings. The summed E-state index contributed by atoms with van der Waals surface area (Å²) in [5, 5.41) is 0.438. The van der Waals surface area contributed by atoms with E-state index in [0.717, 1.165) is 0 Å². The van der Waals surface area contributed by atoms with E-state index in [9.17, 15) is 4.79 Å². The lowest BCUT2D eigenvalue weighted by molar-refractivity contribution is 0.361. The zero-order valence-electron chi connectivity index (χ0n) is 15.9. The molecule has 140 valence electrons. The summed E-state index contributed by atoms with van der Waals surface area (Å²) in [5.74, 6) is 2.36. The van der Waals surface area contributed by atoms with Gasteiger partial charge in [-0.3, -0.25) is 4.79 Å². The first-order valence-electron chi connectivity index (χ1n) is 8.63. The molecule has 1 aromatic heterocycles. The second-order valence-electron chi connectivity index (χ2n) is 6.35. The van der Waals surface area contributed by atoms with Crippen molar-refractivity contribution in [2.45, 2.75) is 20.8 Å². The van der Waals surface area contributed by atoms with Crippen molar-refractivity contribution >= 4 is 11.0 Å². The van der Waals surface area contributed by atoms with Crippen LogP contribution in [-0.4, -0.2) is 13.7 Å². The van der Waals surface area contributed by atoms with E-state index in [1.807, 2.05) is 19.9 Å². The smallest absolute Gasteiger partial charge is 0.235 e. The normalized spacial score (nSPS) is 10.5. The summed E-state index contributed by atoms with van der Waals surface area (Å²) in [6.07, 6.45) is 1.98. The van der Waals surface area contributed by atoms with E-state index in [1.54, 1.807) is 56.5 Å². The predicted molar refractivity (Wildman–Crippen MR) is 105 cm³/mol. The first-order valence-corrected chi connectivity index (χ1v) is 8.63. The topological polar surface area (TPSA) is 57.9 Å². The van der Waals surface area contributed by atoms with Gasteiger partial charge in [-0.2, -0.15) is 0 Å². The van der Waals surface area contributed by atoms with Crippen molar-refractivity contribution in [3.8, 4) is 23.0 Å². The first-order chi connectivity index (χ1) is 13.0. The number of allylic oxidation sites excluding steroid dienone is 1. The summed E-state index contributed by atoms with van der Waals surface area (Å²) in [7, 11) is 1.58. The van der Waals surface area contributed by atoms with E-state index >= 15 is 0 Å². The molecule has 27 heavy (non-hydrogen) atoms. The molecule has 0 aliphatic carbocycles. The van der Waals surface area contributed by atoms with Crippen LogP contribution in [0.15, 0.2) is 63.3 Å². The van der Waals surface area contributed by atoms with Crippen LogP contribution in [0.2, 0.25) is 0 Å². The van der Waals surface area contributed by atoms with Gasteiger partial charge in [0.15, 0.2) is 0 Å². The van der Waals surface area contributed by atoms with E-state index in [0.29, 0.717) is 40.6 Å². The molecule has 5 nitrogen and oxygen atoms in total. The fourth-order valence-electron chi connectivity index (χ4n) is 2.56. The van der Waals surface area contributed by atoms with Crippen molar-refractivity contribution in [3.05, 3.63) is 70.1 Å². The number of hydrogen-bond donors (Lipinski definition) is 0. The highest BCUT2D eigenvalue weighted by Gasteiger charge is 2.15. The van der Waals surface area contributed by atoms with Gasteiger partial charge in [0.1, 0.15) is 35.2 Å². The fraction of sp³-hybridized carbons (Fsp3) is 0.227. The van der Waals surface area contributed by atoms with Gasteiger partial charge in [-0.05, 0) is 51.1 Å². The molecule has 0 atom stereocenters. The average Bonchev–Trinajstić information content (AvgIpc) is 2.65. The van der Waals surface area contributed by atoms with Gasteiger partial charge in [-0.1, -0.05) is 11.6 Å². The Balaban J connectivity index is 1.93. The Morgan fingerprint density at radius 1 is 1.07 bits per heavy atom. The molecule has 0 N–H and O–H groups in total. The monoisotopic (exact) mass is 366 g/mol. The van der Waals surface area contributed by atoms with Gasteiger partial charge in [-0.25, -0.2) is 0 Å². The van der Waals surface area contributed by atoms with Crippen LogP contribution in [0.5, 0.6) is 23.0 Å². The van der Waals surface area contributed by atoms with Crippen LogP contribution < -0.4 is 19.6 Å². The van der Waals surface area contributed by atoms with Crippen molar-refractivity contribution in [3.63, 3.8) is 0 Å². The molecular formula is C22H22O5. The summed E-state index contributed by atoms with van der Waals surface area (Å²) < 4.78 is 22.5. The maximum atomic E-state index is 12.9. The Bertz CT molecular complexity index is 1040. The standard InChI is InChI=1S/C22H22O5/c1-14(2)10-11-25-17-8-9-19-20(13-17)26-15(3)22(21(19)23)27-18-7-5-6-16(12-18)24-4/h5-10,12-13H,11H2,1-4H3. The lowest BCUT2D eigenvalue weighted by Crippen LogP contribution is -2.07. The molecular weight excluding hydrogens is 344 g/mol. The van der Waals surface area contributed by atoms with Crippen molar-refractivity contribution < 1.29 is 18.6 Å². The van der Waals surface area contributed by atoms with E-state index in [2.05, 4.69) is 0 Å². The molecule has 3 rings (SSSR count). The third-order valence-corrected chi connectivity index (χ3v) is 3.99.